The maximum Gasteiger partial charge on any atom is 0.230 e. The summed E-state index contributed by atoms with van der Waals surface area (Å²) in [7, 11) is 0. The third-order valence-electron chi connectivity index (χ3n) is 5.75. The van der Waals surface area contributed by atoms with E-state index in [2.05, 4.69) is 81.4 Å². The quantitative estimate of drug-likeness (QED) is 0.541. The zero-order valence-corrected chi connectivity index (χ0v) is 18.0. The zero-order chi connectivity index (χ0) is 20.7. The molecule has 1 saturated heterocycles. The molecule has 30 heavy (non-hydrogen) atoms. The number of aryl methyl sites for hydroxylation is 2. The van der Waals surface area contributed by atoms with Crippen LogP contribution in [0.4, 0.5) is 5.69 Å². The Morgan fingerprint density at radius 1 is 0.933 bits per heavy atom. The number of benzene rings is 2. The molecular weight excluding hydrogens is 394 g/mol. The van der Waals surface area contributed by atoms with E-state index in [4.69, 9.17) is 0 Å². The lowest BCUT2D eigenvalue weighted by Gasteiger charge is -2.40. The lowest BCUT2D eigenvalue weighted by molar-refractivity contribution is 0.211. The number of para-hydroxylation sites is 1. The van der Waals surface area contributed by atoms with Crippen LogP contribution in [0.3, 0.4) is 0 Å². The molecule has 0 amide bonds. The Hall–Kier alpha value is -2.90. The van der Waals surface area contributed by atoms with Crippen LogP contribution < -0.4 is 4.90 Å². The molecule has 5 rings (SSSR count). The van der Waals surface area contributed by atoms with Gasteiger partial charge in [0.05, 0.1) is 10.9 Å². The first-order valence-electron chi connectivity index (χ1n) is 10.3. The van der Waals surface area contributed by atoms with Crippen LogP contribution in [0.25, 0.3) is 4.96 Å². The molecule has 1 N–H and O–H groups in total. The monoisotopic (exact) mass is 419 g/mol. The highest BCUT2D eigenvalue weighted by molar-refractivity contribution is 7.17. The number of aromatic nitrogens is 3. The Labute approximate surface area is 180 Å². The lowest BCUT2D eigenvalue weighted by Crippen LogP contribution is -2.47. The van der Waals surface area contributed by atoms with Gasteiger partial charge in [-0.25, -0.2) is 4.98 Å². The van der Waals surface area contributed by atoms with Crippen molar-refractivity contribution in [3.8, 4) is 5.88 Å². The summed E-state index contributed by atoms with van der Waals surface area (Å²) in [6, 6.07) is 19.2. The van der Waals surface area contributed by atoms with Gasteiger partial charge in [0.2, 0.25) is 10.8 Å². The Balaban J connectivity index is 1.48. The van der Waals surface area contributed by atoms with Gasteiger partial charge >= 0.3 is 0 Å². The molecule has 0 bridgehead atoms. The molecule has 1 atom stereocenters. The summed E-state index contributed by atoms with van der Waals surface area (Å²) in [6.07, 6.45) is 0. The number of piperazine rings is 1. The van der Waals surface area contributed by atoms with Crippen LogP contribution in [0, 0.1) is 13.8 Å². The molecule has 1 aliphatic rings. The summed E-state index contributed by atoms with van der Waals surface area (Å²) in [5.74, 6) is 0.873. The van der Waals surface area contributed by atoms with Crippen molar-refractivity contribution in [2.45, 2.75) is 19.9 Å². The average molecular weight is 420 g/mol. The Kier molecular flexibility index (Phi) is 4.92. The summed E-state index contributed by atoms with van der Waals surface area (Å²) >= 11 is 1.53. The first-order valence-corrected chi connectivity index (χ1v) is 11.1. The van der Waals surface area contributed by atoms with Crippen molar-refractivity contribution >= 4 is 22.0 Å². The van der Waals surface area contributed by atoms with Gasteiger partial charge in [0.1, 0.15) is 5.82 Å². The molecule has 0 radical (unpaired) electrons. The summed E-state index contributed by atoms with van der Waals surface area (Å²) in [5.41, 5.74) is 3.68. The van der Waals surface area contributed by atoms with Crippen LogP contribution in [0.5, 0.6) is 5.88 Å². The fraction of sp³-hybridized carbons (Fsp3) is 0.304. The molecule has 2 aromatic heterocycles. The Morgan fingerprint density at radius 2 is 1.63 bits per heavy atom. The normalized spacial score (nSPS) is 16.3. The molecule has 154 valence electrons. The number of nitrogens with zero attached hydrogens (tertiary/aromatic N) is 5. The van der Waals surface area contributed by atoms with Crippen LogP contribution in [-0.4, -0.2) is 50.8 Å². The summed E-state index contributed by atoms with van der Waals surface area (Å²) in [4.78, 5) is 11.0. The first-order chi connectivity index (χ1) is 14.6. The standard InChI is InChI=1S/C23H25N5OS/c1-16-8-10-18(11-9-16)20(21-22(29)28-23(30-21)24-17(2)25-28)27-14-12-26(13-15-27)19-6-4-3-5-7-19/h3-11,20,29H,12-15H2,1-2H3/t20-/m0/s1. The molecular formula is C23H25N5OS. The number of fused-ring (bicyclic) bond motifs is 1. The second-order valence-corrected chi connectivity index (χ2v) is 8.82. The van der Waals surface area contributed by atoms with E-state index in [1.54, 1.807) is 4.52 Å². The summed E-state index contributed by atoms with van der Waals surface area (Å²) in [6.45, 7) is 7.68. The van der Waals surface area contributed by atoms with E-state index in [0.29, 0.717) is 5.82 Å². The van der Waals surface area contributed by atoms with Crippen LogP contribution in [0.1, 0.15) is 27.9 Å². The van der Waals surface area contributed by atoms with Crippen LogP contribution in [0.15, 0.2) is 54.6 Å². The number of rotatable bonds is 4. The predicted molar refractivity (Wildman–Crippen MR) is 121 cm³/mol. The largest absolute Gasteiger partial charge is 0.492 e. The minimum absolute atomic E-state index is 0.0164. The second kappa shape index (κ2) is 7.74. The molecule has 1 fully saturated rings. The lowest BCUT2D eigenvalue weighted by atomic mass is 10.0. The smallest absolute Gasteiger partial charge is 0.230 e. The zero-order valence-electron chi connectivity index (χ0n) is 17.2. The van der Waals surface area contributed by atoms with Crippen LogP contribution >= 0.6 is 11.3 Å². The molecule has 4 aromatic rings. The molecule has 6 nitrogen and oxygen atoms in total. The Bertz CT molecular complexity index is 1140. The molecule has 1 aliphatic heterocycles. The molecule has 2 aromatic carbocycles. The van der Waals surface area contributed by atoms with Crippen molar-refractivity contribution < 1.29 is 5.11 Å². The number of hydrogen-bond acceptors (Lipinski definition) is 6. The van der Waals surface area contributed by atoms with Gasteiger partial charge in [0, 0.05) is 31.9 Å². The van der Waals surface area contributed by atoms with Gasteiger partial charge in [-0.1, -0.05) is 59.4 Å². The van der Waals surface area contributed by atoms with E-state index in [1.165, 1.54) is 28.2 Å². The van der Waals surface area contributed by atoms with Gasteiger partial charge in [0.25, 0.3) is 0 Å². The maximum atomic E-state index is 11.0. The van der Waals surface area contributed by atoms with Gasteiger partial charge in [0.15, 0.2) is 0 Å². The topological polar surface area (TPSA) is 56.9 Å². The molecule has 3 heterocycles. The highest BCUT2D eigenvalue weighted by Gasteiger charge is 2.31. The molecule has 0 unspecified atom stereocenters. The van der Waals surface area contributed by atoms with Gasteiger partial charge in [-0.3, -0.25) is 4.90 Å². The highest BCUT2D eigenvalue weighted by Crippen LogP contribution is 2.40. The van der Waals surface area contributed by atoms with Gasteiger partial charge in [-0.05, 0) is 31.5 Å². The van der Waals surface area contributed by atoms with Crippen molar-refractivity contribution in [2.24, 2.45) is 0 Å². The fourth-order valence-electron chi connectivity index (χ4n) is 4.18. The maximum absolute atomic E-state index is 11.0. The SMILES string of the molecule is Cc1ccc([C@@H](c2sc3nc(C)nn3c2O)N2CCN(c3ccccc3)CC2)cc1. The third-order valence-corrected chi connectivity index (χ3v) is 6.82. The van der Waals surface area contributed by atoms with E-state index in [-0.39, 0.29) is 11.9 Å². The number of anilines is 1. The van der Waals surface area contributed by atoms with Crippen molar-refractivity contribution in [2.75, 3.05) is 31.1 Å². The van der Waals surface area contributed by atoms with E-state index < -0.39 is 0 Å². The molecule has 7 heteroatoms. The number of thiazole rings is 1. The summed E-state index contributed by atoms with van der Waals surface area (Å²) < 4.78 is 1.57. The van der Waals surface area contributed by atoms with Crippen molar-refractivity contribution in [3.63, 3.8) is 0 Å². The second-order valence-electron chi connectivity index (χ2n) is 7.82. The summed E-state index contributed by atoms with van der Waals surface area (Å²) in [5, 5.41) is 15.3. The van der Waals surface area contributed by atoms with Crippen LogP contribution in [0.2, 0.25) is 0 Å². The van der Waals surface area contributed by atoms with Crippen molar-refractivity contribution in [1.29, 1.82) is 0 Å². The van der Waals surface area contributed by atoms with Crippen molar-refractivity contribution in [3.05, 3.63) is 76.4 Å². The van der Waals surface area contributed by atoms with Gasteiger partial charge in [-0.2, -0.15) is 4.52 Å². The van der Waals surface area contributed by atoms with Crippen LogP contribution in [-0.2, 0) is 0 Å². The van der Waals surface area contributed by atoms with Gasteiger partial charge < -0.3 is 10.0 Å². The van der Waals surface area contributed by atoms with Crippen molar-refractivity contribution in [1.82, 2.24) is 19.5 Å². The number of hydrogen-bond donors (Lipinski definition) is 1. The van der Waals surface area contributed by atoms with E-state index in [9.17, 15) is 5.11 Å². The van der Waals surface area contributed by atoms with E-state index in [0.717, 1.165) is 36.0 Å². The minimum Gasteiger partial charge on any atom is -0.492 e. The van der Waals surface area contributed by atoms with Gasteiger partial charge in [-0.15, -0.1) is 5.10 Å². The van der Waals surface area contributed by atoms with E-state index in [1.807, 2.05) is 6.92 Å². The predicted octanol–water partition coefficient (Wildman–Crippen LogP) is 4.02. The fourth-order valence-corrected chi connectivity index (χ4v) is 5.34. The average Bonchev–Trinajstić information content (AvgIpc) is 3.28. The number of aromatic hydroxyl groups is 1. The first kappa shape index (κ1) is 19.1. The Morgan fingerprint density at radius 3 is 2.30 bits per heavy atom. The minimum atomic E-state index is -0.0164. The third kappa shape index (κ3) is 3.44. The highest BCUT2D eigenvalue weighted by atomic mass is 32.1. The molecule has 0 aliphatic carbocycles. The molecule has 0 spiro atoms. The van der Waals surface area contributed by atoms with E-state index >= 15 is 0 Å². The molecule has 0 saturated carbocycles.